The zero-order valence-electron chi connectivity index (χ0n) is 11.1. The minimum Gasteiger partial charge on any atom is -0.384 e. The van der Waals surface area contributed by atoms with Crippen molar-refractivity contribution in [2.75, 3.05) is 25.6 Å². The van der Waals surface area contributed by atoms with Crippen LogP contribution in [-0.2, 0) is 4.74 Å². The summed E-state index contributed by atoms with van der Waals surface area (Å²) in [5, 5.41) is 8.36. The lowest BCUT2D eigenvalue weighted by Gasteiger charge is -2.16. The second-order valence-corrected chi connectivity index (χ2v) is 4.99. The average molecular weight is 280 g/mol. The Balaban J connectivity index is 2.16. The molecule has 0 saturated carbocycles. The number of nitrogens with zero attached hydrogens (tertiary/aromatic N) is 2. The Morgan fingerprint density at radius 2 is 2.32 bits per heavy atom. The van der Waals surface area contributed by atoms with Gasteiger partial charge >= 0.3 is 0 Å². The van der Waals surface area contributed by atoms with E-state index in [0.717, 1.165) is 24.5 Å². The van der Waals surface area contributed by atoms with Crippen LogP contribution in [0.2, 0.25) is 5.02 Å². The number of benzene rings is 1. The quantitative estimate of drug-likeness (QED) is 0.882. The van der Waals surface area contributed by atoms with Gasteiger partial charge in [-0.2, -0.15) is 5.10 Å². The normalized spacial score (nSPS) is 12.4. The number of aromatic nitrogens is 2. The van der Waals surface area contributed by atoms with Crippen molar-refractivity contribution in [3.63, 3.8) is 0 Å². The number of hydrogen-bond donors (Lipinski definition) is 1. The van der Waals surface area contributed by atoms with Gasteiger partial charge in [0.2, 0.25) is 0 Å². The first-order chi connectivity index (χ1) is 9.20. The highest BCUT2D eigenvalue weighted by atomic mass is 35.5. The van der Waals surface area contributed by atoms with E-state index in [1.165, 1.54) is 0 Å². The second kappa shape index (κ2) is 6.59. The molecule has 19 heavy (non-hydrogen) atoms. The van der Waals surface area contributed by atoms with Gasteiger partial charge in [0.15, 0.2) is 0 Å². The van der Waals surface area contributed by atoms with Gasteiger partial charge in [0.25, 0.3) is 0 Å². The van der Waals surface area contributed by atoms with Crippen molar-refractivity contribution in [3.8, 4) is 5.69 Å². The van der Waals surface area contributed by atoms with Gasteiger partial charge in [-0.25, -0.2) is 4.68 Å². The van der Waals surface area contributed by atoms with E-state index in [1.807, 2.05) is 35.1 Å². The van der Waals surface area contributed by atoms with Crippen molar-refractivity contribution in [3.05, 3.63) is 41.7 Å². The van der Waals surface area contributed by atoms with Gasteiger partial charge in [0, 0.05) is 31.1 Å². The van der Waals surface area contributed by atoms with Crippen molar-refractivity contribution >= 4 is 17.3 Å². The van der Waals surface area contributed by atoms with E-state index in [2.05, 4.69) is 17.3 Å². The third kappa shape index (κ3) is 3.72. The van der Waals surface area contributed by atoms with Crippen LogP contribution >= 0.6 is 11.6 Å². The molecule has 1 N–H and O–H groups in total. The first kappa shape index (κ1) is 13.9. The fraction of sp³-hybridized carbons (Fsp3) is 0.357. The average Bonchev–Trinajstić information content (AvgIpc) is 2.90. The number of halogens is 1. The number of ether oxygens (including phenoxy) is 1. The molecule has 0 amide bonds. The summed E-state index contributed by atoms with van der Waals surface area (Å²) in [5.41, 5.74) is 1.96. The van der Waals surface area contributed by atoms with Gasteiger partial charge in [-0.1, -0.05) is 18.5 Å². The number of nitrogens with one attached hydrogen (secondary N) is 1. The fourth-order valence-electron chi connectivity index (χ4n) is 1.89. The summed E-state index contributed by atoms with van der Waals surface area (Å²) >= 11 is 6.06. The van der Waals surface area contributed by atoms with Crippen molar-refractivity contribution < 1.29 is 4.74 Å². The van der Waals surface area contributed by atoms with Gasteiger partial charge in [-0.15, -0.1) is 0 Å². The van der Waals surface area contributed by atoms with E-state index in [0.29, 0.717) is 10.9 Å². The molecule has 1 atom stereocenters. The molecule has 0 saturated heterocycles. The molecule has 0 radical (unpaired) electrons. The molecule has 102 valence electrons. The summed E-state index contributed by atoms with van der Waals surface area (Å²) < 4.78 is 6.95. The molecule has 2 rings (SSSR count). The van der Waals surface area contributed by atoms with Crippen LogP contribution in [0.3, 0.4) is 0 Å². The van der Waals surface area contributed by atoms with Crippen LogP contribution in [0.25, 0.3) is 5.69 Å². The summed E-state index contributed by atoms with van der Waals surface area (Å²) in [5.74, 6) is 0.425. The lowest BCUT2D eigenvalue weighted by molar-refractivity contribution is 0.164. The molecule has 1 aromatic carbocycles. The zero-order valence-corrected chi connectivity index (χ0v) is 11.9. The molecule has 0 spiro atoms. The number of rotatable bonds is 6. The standard InChI is InChI=1S/C14H18ClN3O/c1-11(10-19-2)9-16-13-8-12(15)4-5-14(13)18-7-3-6-17-18/h3-8,11,16H,9-10H2,1-2H3. The van der Waals surface area contributed by atoms with Crippen LogP contribution in [0.4, 0.5) is 5.69 Å². The fourth-order valence-corrected chi connectivity index (χ4v) is 2.06. The van der Waals surface area contributed by atoms with Gasteiger partial charge < -0.3 is 10.1 Å². The lowest BCUT2D eigenvalue weighted by Crippen LogP contribution is -2.16. The highest BCUT2D eigenvalue weighted by molar-refractivity contribution is 6.31. The zero-order chi connectivity index (χ0) is 13.7. The number of hydrogen-bond acceptors (Lipinski definition) is 3. The van der Waals surface area contributed by atoms with E-state index >= 15 is 0 Å². The Labute approximate surface area is 118 Å². The molecule has 1 heterocycles. The van der Waals surface area contributed by atoms with Crippen molar-refractivity contribution in [2.24, 2.45) is 5.92 Å². The van der Waals surface area contributed by atoms with Crippen LogP contribution in [0.15, 0.2) is 36.7 Å². The van der Waals surface area contributed by atoms with Gasteiger partial charge in [0.1, 0.15) is 0 Å². The highest BCUT2D eigenvalue weighted by Gasteiger charge is 2.07. The summed E-state index contributed by atoms with van der Waals surface area (Å²) in [6.07, 6.45) is 3.67. The minimum atomic E-state index is 0.425. The smallest absolute Gasteiger partial charge is 0.0877 e. The maximum atomic E-state index is 6.06. The van der Waals surface area contributed by atoms with Crippen LogP contribution in [-0.4, -0.2) is 30.0 Å². The van der Waals surface area contributed by atoms with E-state index in [-0.39, 0.29) is 0 Å². The Kier molecular flexibility index (Phi) is 4.82. The lowest BCUT2D eigenvalue weighted by atomic mass is 10.2. The molecule has 0 bridgehead atoms. The summed E-state index contributed by atoms with van der Waals surface area (Å²) in [7, 11) is 1.71. The van der Waals surface area contributed by atoms with E-state index in [1.54, 1.807) is 13.3 Å². The van der Waals surface area contributed by atoms with Crippen molar-refractivity contribution in [1.82, 2.24) is 9.78 Å². The van der Waals surface area contributed by atoms with Gasteiger partial charge in [-0.3, -0.25) is 0 Å². The first-order valence-corrected chi connectivity index (χ1v) is 6.61. The molecular formula is C14H18ClN3O. The van der Waals surface area contributed by atoms with Crippen LogP contribution in [0.5, 0.6) is 0 Å². The second-order valence-electron chi connectivity index (χ2n) is 4.55. The highest BCUT2D eigenvalue weighted by Crippen LogP contribution is 2.24. The topological polar surface area (TPSA) is 39.1 Å². The maximum Gasteiger partial charge on any atom is 0.0877 e. The summed E-state index contributed by atoms with van der Waals surface area (Å²) in [4.78, 5) is 0. The number of methoxy groups -OCH3 is 1. The SMILES string of the molecule is COCC(C)CNc1cc(Cl)ccc1-n1cccn1. The molecule has 0 aliphatic rings. The molecule has 0 aliphatic carbocycles. The van der Waals surface area contributed by atoms with E-state index in [9.17, 15) is 0 Å². The summed E-state index contributed by atoms with van der Waals surface area (Å²) in [6.45, 7) is 3.68. The Morgan fingerprint density at radius 1 is 1.47 bits per heavy atom. The molecule has 0 aliphatic heterocycles. The largest absolute Gasteiger partial charge is 0.384 e. The molecule has 2 aromatic rings. The molecule has 5 heteroatoms. The van der Waals surface area contributed by atoms with E-state index in [4.69, 9.17) is 16.3 Å². The van der Waals surface area contributed by atoms with Crippen LogP contribution < -0.4 is 5.32 Å². The van der Waals surface area contributed by atoms with Crippen molar-refractivity contribution in [2.45, 2.75) is 6.92 Å². The summed E-state index contributed by atoms with van der Waals surface area (Å²) in [6, 6.07) is 7.63. The Morgan fingerprint density at radius 3 is 3.00 bits per heavy atom. The molecule has 1 unspecified atom stereocenters. The third-order valence-electron chi connectivity index (χ3n) is 2.80. The molecule has 1 aromatic heterocycles. The third-order valence-corrected chi connectivity index (χ3v) is 3.04. The van der Waals surface area contributed by atoms with Crippen LogP contribution in [0, 0.1) is 5.92 Å². The Bertz CT molecular complexity index is 513. The molecular weight excluding hydrogens is 262 g/mol. The monoisotopic (exact) mass is 279 g/mol. The first-order valence-electron chi connectivity index (χ1n) is 6.23. The molecule has 0 fully saturated rings. The minimum absolute atomic E-state index is 0.425. The molecule has 4 nitrogen and oxygen atoms in total. The Hall–Kier alpha value is -1.52. The number of anilines is 1. The van der Waals surface area contributed by atoms with Gasteiger partial charge in [-0.05, 0) is 30.2 Å². The predicted molar refractivity (Wildman–Crippen MR) is 78.1 cm³/mol. The predicted octanol–water partition coefficient (Wildman–Crippen LogP) is 3.22. The maximum absolute atomic E-state index is 6.06. The van der Waals surface area contributed by atoms with Crippen LogP contribution in [0.1, 0.15) is 6.92 Å². The van der Waals surface area contributed by atoms with Crippen molar-refractivity contribution in [1.29, 1.82) is 0 Å². The van der Waals surface area contributed by atoms with Gasteiger partial charge in [0.05, 0.1) is 18.0 Å². The van der Waals surface area contributed by atoms with E-state index < -0.39 is 0 Å².